The Balaban J connectivity index is 1.49. The molecule has 0 bridgehead atoms. The number of hydrogen-bond acceptors (Lipinski definition) is 6. The van der Waals surface area contributed by atoms with Crippen LogP contribution in [0, 0.1) is 0 Å². The Morgan fingerprint density at radius 3 is 2.78 bits per heavy atom. The average Bonchev–Trinajstić information content (AvgIpc) is 3.24. The molecule has 8 heteroatoms. The van der Waals surface area contributed by atoms with Gasteiger partial charge in [0.2, 0.25) is 0 Å². The summed E-state index contributed by atoms with van der Waals surface area (Å²) in [7, 11) is 0. The number of fused-ring (bicyclic) bond motifs is 3. The normalized spacial score (nSPS) is 11.2. The van der Waals surface area contributed by atoms with Gasteiger partial charge in [0, 0.05) is 15.4 Å². The predicted octanol–water partition coefficient (Wildman–Crippen LogP) is 5.05. The second kappa shape index (κ2) is 9.65. The highest BCUT2D eigenvalue weighted by Crippen LogP contribution is 2.28. The van der Waals surface area contributed by atoms with Crippen molar-refractivity contribution in [1.29, 1.82) is 0 Å². The topological polar surface area (TPSA) is 90.1 Å². The third-order valence-corrected chi connectivity index (χ3v) is 5.14. The molecule has 0 saturated carbocycles. The Bertz CT molecular complexity index is 1330. The minimum atomic E-state index is -0.481. The average molecular weight is 495 g/mol. The van der Waals surface area contributed by atoms with Crippen LogP contribution in [0.25, 0.3) is 21.7 Å². The number of carbonyl (C=O) groups is 2. The number of rotatable bonds is 7. The van der Waals surface area contributed by atoms with Crippen molar-refractivity contribution in [3.8, 4) is 5.75 Å². The summed E-state index contributed by atoms with van der Waals surface area (Å²) < 4.78 is 16.9. The number of halogens is 1. The molecule has 0 unspecified atom stereocenters. The number of amides is 1. The van der Waals surface area contributed by atoms with Crippen molar-refractivity contribution in [2.45, 2.75) is 6.92 Å². The van der Waals surface area contributed by atoms with Crippen LogP contribution >= 0.6 is 15.9 Å². The number of benzene rings is 3. The molecule has 7 nitrogen and oxygen atoms in total. The summed E-state index contributed by atoms with van der Waals surface area (Å²) in [5, 5.41) is 6.95. The van der Waals surface area contributed by atoms with Gasteiger partial charge in [0.05, 0.1) is 12.8 Å². The van der Waals surface area contributed by atoms with E-state index >= 15 is 0 Å². The van der Waals surface area contributed by atoms with Crippen LogP contribution in [0.2, 0.25) is 0 Å². The first-order valence-corrected chi connectivity index (χ1v) is 10.7. The highest BCUT2D eigenvalue weighted by atomic mass is 79.9. The van der Waals surface area contributed by atoms with E-state index < -0.39 is 11.9 Å². The van der Waals surface area contributed by atoms with Crippen molar-refractivity contribution in [3.63, 3.8) is 0 Å². The Kier molecular flexibility index (Phi) is 6.51. The van der Waals surface area contributed by atoms with E-state index in [2.05, 4.69) is 26.5 Å². The maximum Gasteiger partial charge on any atom is 0.344 e. The Hall–Kier alpha value is -3.65. The van der Waals surface area contributed by atoms with Crippen LogP contribution in [0.1, 0.15) is 23.0 Å². The van der Waals surface area contributed by atoms with Gasteiger partial charge in [-0.3, -0.25) is 4.79 Å². The maximum atomic E-state index is 12.6. The van der Waals surface area contributed by atoms with Crippen molar-refractivity contribution < 1.29 is 23.5 Å². The molecule has 1 aromatic heterocycles. The van der Waals surface area contributed by atoms with Gasteiger partial charge < -0.3 is 13.9 Å². The Morgan fingerprint density at radius 2 is 1.94 bits per heavy atom. The standard InChI is InChI=1S/C24H19BrN2O5/c1-2-30-23(28)14-31-20-10-8-17(25)11-16(20)13-26-27-24(29)22-12-19-18-6-4-3-5-15(18)7-9-21(19)32-22/h3-13H,2,14H2,1H3,(H,27,29). The first-order chi connectivity index (χ1) is 15.5. The summed E-state index contributed by atoms with van der Waals surface area (Å²) >= 11 is 3.39. The molecular formula is C24H19BrN2O5. The van der Waals surface area contributed by atoms with Crippen LogP contribution in [0.5, 0.6) is 5.75 Å². The second-order valence-electron chi connectivity index (χ2n) is 6.78. The van der Waals surface area contributed by atoms with E-state index in [9.17, 15) is 9.59 Å². The molecule has 4 aromatic rings. The molecule has 162 valence electrons. The fourth-order valence-corrected chi connectivity index (χ4v) is 3.59. The zero-order valence-electron chi connectivity index (χ0n) is 17.1. The van der Waals surface area contributed by atoms with Gasteiger partial charge in [0.25, 0.3) is 0 Å². The Morgan fingerprint density at radius 1 is 1.09 bits per heavy atom. The first kappa shape index (κ1) is 21.6. The van der Waals surface area contributed by atoms with Crippen molar-refractivity contribution in [1.82, 2.24) is 5.43 Å². The third-order valence-electron chi connectivity index (χ3n) is 4.64. The monoisotopic (exact) mass is 494 g/mol. The molecule has 3 aromatic carbocycles. The number of furan rings is 1. The number of hydrazone groups is 1. The molecule has 0 saturated heterocycles. The van der Waals surface area contributed by atoms with Crippen molar-refractivity contribution in [2.24, 2.45) is 5.10 Å². The molecule has 1 heterocycles. The van der Waals surface area contributed by atoms with Crippen LogP contribution < -0.4 is 10.2 Å². The maximum absolute atomic E-state index is 12.6. The highest BCUT2D eigenvalue weighted by Gasteiger charge is 2.14. The molecule has 0 radical (unpaired) electrons. The largest absolute Gasteiger partial charge is 0.481 e. The van der Waals surface area contributed by atoms with Crippen molar-refractivity contribution in [2.75, 3.05) is 13.2 Å². The lowest BCUT2D eigenvalue weighted by Crippen LogP contribution is -2.17. The minimum absolute atomic E-state index is 0.154. The third kappa shape index (κ3) is 4.81. The summed E-state index contributed by atoms with van der Waals surface area (Å²) in [6.45, 7) is 1.78. The van der Waals surface area contributed by atoms with Crippen LogP contribution in [0.15, 0.2) is 74.7 Å². The lowest BCUT2D eigenvalue weighted by atomic mass is 10.1. The molecule has 4 rings (SSSR count). The number of nitrogens with zero attached hydrogens (tertiary/aromatic N) is 1. The number of carbonyl (C=O) groups excluding carboxylic acids is 2. The van der Waals surface area contributed by atoms with Gasteiger partial charge >= 0.3 is 11.9 Å². The second-order valence-corrected chi connectivity index (χ2v) is 7.70. The van der Waals surface area contributed by atoms with E-state index in [1.54, 1.807) is 31.2 Å². The lowest BCUT2D eigenvalue weighted by molar-refractivity contribution is -0.145. The number of nitrogens with one attached hydrogen (secondary N) is 1. The molecule has 0 atom stereocenters. The van der Waals surface area contributed by atoms with Gasteiger partial charge in [0.15, 0.2) is 12.4 Å². The van der Waals surface area contributed by atoms with Crippen molar-refractivity contribution in [3.05, 3.63) is 76.5 Å². The van der Waals surface area contributed by atoms with E-state index in [-0.39, 0.29) is 19.0 Å². The SMILES string of the molecule is CCOC(=O)COc1ccc(Br)cc1C=NNC(=O)c1cc2c(ccc3ccccc32)o1. The molecular weight excluding hydrogens is 476 g/mol. The zero-order valence-corrected chi connectivity index (χ0v) is 18.7. The summed E-state index contributed by atoms with van der Waals surface area (Å²) in [5.74, 6) is -0.370. The molecule has 1 amide bonds. The van der Waals surface area contributed by atoms with Gasteiger partial charge in [-0.05, 0) is 48.0 Å². The van der Waals surface area contributed by atoms with E-state index in [4.69, 9.17) is 13.9 Å². The zero-order chi connectivity index (χ0) is 22.5. The van der Waals surface area contributed by atoms with Crippen molar-refractivity contribution >= 4 is 55.8 Å². The molecule has 0 aliphatic rings. The quantitative estimate of drug-likeness (QED) is 0.220. The fourth-order valence-electron chi connectivity index (χ4n) is 3.21. The highest BCUT2D eigenvalue weighted by molar-refractivity contribution is 9.10. The number of esters is 1. The van der Waals surface area contributed by atoms with Crippen LogP contribution in [0.3, 0.4) is 0 Å². The predicted molar refractivity (Wildman–Crippen MR) is 125 cm³/mol. The van der Waals surface area contributed by atoms with Crippen LogP contribution in [-0.2, 0) is 9.53 Å². The van der Waals surface area contributed by atoms with E-state index in [0.717, 1.165) is 20.6 Å². The molecule has 32 heavy (non-hydrogen) atoms. The molecule has 0 aliphatic heterocycles. The number of hydrogen-bond donors (Lipinski definition) is 1. The van der Waals surface area contributed by atoms with Crippen LogP contribution in [-0.4, -0.2) is 31.3 Å². The molecule has 0 aliphatic carbocycles. The molecule has 1 N–H and O–H groups in total. The van der Waals surface area contributed by atoms with Gasteiger partial charge in [-0.1, -0.05) is 46.3 Å². The molecule has 0 fully saturated rings. The summed E-state index contributed by atoms with van der Waals surface area (Å²) in [5.41, 5.74) is 3.66. The number of ether oxygens (including phenoxy) is 2. The smallest absolute Gasteiger partial charge is 0.344 e. The van der Waals surface area contributed by atoms with Gasteiger partial charge in [-0.15, -0.1) is 0 Å². The fraction of sp³-hybridized carbons (Fsp3) is 0.125. The first-order valence-electron chi connectivity index (χ1n) is 9.88. The van der Waals surface area contributed by atoms with Gasteiger partial charge in [0.1, 0.15) is 11.3 Å². The Labute approximate surface area is 192 Å². The van der Waals surface area contributed by atoms with E-state index in [0.29, 0.717) is 16.9 Å². The van der Waals surface area contributed by atoms with Gasteiger partial charge in [-0.2, -0.15) is 5.10 Å². The summed E-state index contributed by atoms with van der Waals surface area (Å²) in [6.07, 6.45) is 1.43. The molecule has 0 spiro atoms. The summed E-state index contributed by atoms with van der Waals surface area (Å²) in [4.78, 5) is 24.1. The minimum Gasteiger partial charge on any atom is -0.481 e. The van der Waals surface area contributed by atoms with E-state index in [1.165, 1.54) is 6.21 Å². The summed E-state index contributed by atoms with van der Waals surface area (Å²) in [6, 6.07) is 18.6. The van der Waals surface area contributed by atoms with Crippen LogP contribution in [0.4, 0.5) is 0 Å². The van der Waals surface area contributed by atoms with Gasteiger partial charge in [-0.25, -0.2) is 10.2 Å². The lowest BCUT2D eigenvalue weighted by Gasteiger charge is -2.09. The van der Waals surface area contributed by atoms with E-state index in [1.807, 2.05) is 36.4 Å².